The van der Waals surface area contributed by atoms with Gasteiger partial charge < -0.3 is 15.4 Å². The van der Waals surface area contributed by atoms with Crippen molar-refractivity contribution in [1.82, 2.24) is 9.80 Å². The zero-order valence-electron chi connectivity index (χ0n) is 15.3. The van der Waals surface area contributed by atoms with Crippen molar-refractivity contribution in [2.75, 3.05) is 26.7 Å². The molecule has 0 radical (unpaired) electrons. The number of fused-ring (bicyclic) bond motifs is 4. The standard InChI is InChI=1S/C20H27N3O3/c1-26-17-6-3-14(4-7-17)10-22-11-15-2-5-16(13-22)23(12-15)19(25)20(8-9-20)18(21)24/h3-4,6-7,15-16H,2,5,8-13H2,1H3,(H2,21,24)/t15-,16+/m0/s1. The number of carbonyl (C=O) groups is 2. The van der Waals surface area contributed by atoms with E-state index in [1.54, 1.807) is 7.11 Å². The average molecular weight is 357 g/mol. The van der Waals surface area contributed by atoms with Crippen LogP contribution in [0.15, 0.2) is 24.3 Å². The fourth-order valence-electron chi connectivity index (χ4n) is 4.51. The molecule has 140 valence electrons. The molecule has 1 aromatic carbocycles. The van der Waals surface area contributed by atoms with Gasteiger partial charge in [-0.15, -0.1) is 0 Å². The summed E-state index contributed by atoms with van der Waals surface area (Å²) in [5, 5.41) is 0. The van der Waals surface area contributed by atoms with Gasteiger partial charge in [0.15, 0.2) is 0 Å². The van der Waals surface area contributed by atoms with Crippen molar-refractivity contribution in [3.8, 4) is 5.75 Å². The first-order valence-corrected chi connectivity index (χ1v) is 9.48. The fourth-order valence-corrected chi connectivity index (χ4v) is 4.51. The SMILES string of the molecule is COc1ccc(CN2C[C@@H]3CC[C@H](C2)N(C(=O)C2(C(N)=O)CC2)C3)cc1. The number of nitrogens with two attached hydrogens (primary N) is 1. The van der Waals surface area contributed by atoms with E-state index in [1.165, 1.54) is 5.56 Å². The van der Waals surface area contributed by atoms with E-state index in [2.05, 4.69) is 17.0 Å². The second-order valence-corrected chi connectivity index (χ2v) is 8.04. The van der Waals surface area contributed by atoms with Crippen molar-refractivity contribution >= 4 is 11.8 Å². The summed E-state index contributed by atoms with van der Waals surface area (Å²) in [6, 6.07) is 8.36. The van der Waals surface area contributed by atoms with Crippen molar-refractivity contribution < 1.29 is 14.3 Å². The smallest absolute Gasteiger partial charge is 0.238 e. The summed E-state index contributed by atoms with van der Waals surface area (Å²) in [6.45, 7) is 3.50. The molecule has 26 heavy (non-hydrogen) atoms. The van der Waals surface area contributed by atoms with Crippen molar-refractivity contribution in [2.24, 2.45) is 17.1 Å². The van der Waals surface area contributed by atoms with E-state index in [-0.39, 0.29) is 11.9 Å². The molecule has 2 amide bonds. The van der Waals surface area contributed by atoms with Gasteiger partial charge in [-0.05, 0) is 49.3 Å². The maximum absolute atomic E-state index is 13.0. The van der Waals surface area contributed by atoms with E-state index in [0.717, 1.165) is 44.8 Å². The highest BCUT2D eigenvalue weighted by Crippen LogP contribution is 2.48. The van der Waals surface area contributed by atoms with Gasteiger partial charge in [0.25, 0.3) is 0 Å². The minimum absolute atomic E-state index is 0.0222. The van der Waals surface area contributed by atoms with Crippen LogP contribution in [-0.4, -0.2) is 54.4 Å². The van der Waals surface area contributed by atoms with Crippen molar-refractivity contribution in [2.45, 2.75) is 38.3 Å². The summed E-state index contributed by atoms with van der Waals surface area (Å²) in [4.78, 5) is 29.2. The molecule has 0 unspecified atom stereocenters. The fraction of sp³-hybridized carbons (Fsp3) is 0.600. The molecule has 0 aromatic heterocycles. The molecule has 6 heteroatoms. The lowest BCUT2D eigenvalue weighted by molar-refractivity contribution is -0.146. The van der Waals surface area contributed by atoms with Gasteiger partial charge in [0.1, 0.15) is 11.2 Å². The molecule has 1 saturated carbocycles. The number of rotatable bonds is 5. The molecule has 3 heterocycles. The van der Waals surface area contributed by atoms with Crippen LogP contribution in [0.1, 0.15) is 31.2 Å². The molecule has 3 saturated heterocycles. The summed E-state index contributed by atoms with van der Waals surface area (Å²) >= 11 is 0. The average Bonchev–Trinajstić information content (AvgIpc) is 3.47. The number of piperidine rings is 1. The zero-order chi connectivity index (χ0) is 18.3. The van der Waals surface area contributed by atoms with Crippen molar-refractivity contribution in [3.05, 3.63) is 29.8 Å². The number of amides is 2. The predicted molar refractivity (Wildman–Crippen MR) is 97.4 cm³/mol. The van der Waals surface area contributed by atoms with Gasteiger partial charge in [-0.2, -0.15) is 0 Å². The van der Waals surface area contributed by atoms with Crippen molar-refractivity contribution in [3.63, 3.8) is 0 Å². The van der Waals surface area contributed by atoms with Crippen LogP contribution >= 0.6 is 0 Å². The Bertz CT molecular complexity index is 699. The lowest BCUT2D eigenvalue weighted by Gasteiger charge is -2.38. The minimum atomic E-state index is -0.898. The molecule has 6 nitrogen and oxygen atoms in total. The lowest BCUT2D eigenvalue weighted by atomic mass is 9.92. The highest BCUT2D eigenvalue weighted by molar-refractivity contribution is 6.07. The molecule has 2 N–H and O–H groups in total. The first-order valence-electron chi connectivity index (χ1n) is 9.48. The van der Waals surface area contributed by atoms with Crippen LogP contribution in [0.2, 0.25) is 0 Å². The van der Waals surface area contributed by atoms with Crippen LogP contribution in [0.4, 0.5) is 0 Å². The van der Waals surface area contributed by atoms with E-state index >= 15 is 0 Å². The predicted octanol–water partition coefficient (Wildman–Crippen LogP) is 1.38. The molecule has 5 rings (SSSR count). The Morgan fingerprint density at radius 2 is 1.88 bits per heavy atom. The number of hydrogen-bond donors (Lipinski definition) is 1. The Labute approximate surface area is 154 Å². The van der Waals surface area contributed by atoms with Crippen LogP contribution in [0.25, 0.3) is 0 Å². The Morgan fingerprint density at radius 1 is 1.15 bits per heavy atom. The van der Waals surface area contributed by atoms with E-state index < -0.39 is 11.3 Å². The molecule has 3 aliphatic heterocycles. The first-order chi connectivity index (χ1) is 12.5. The third kappa shape index (κ3) is 3.07. The van der Waals surface area contributed by atoms with Crippen molar-refractivity contribution in [1.29, 1.82) is 0 Å². The third-order valence-electron chi connectivity index (χ3n) is 6.25. The quantitative estimate of drug-likeness (QED) is 0.808. The second kappa shape index (κ2) is 6.58. The summed E-state index contributed by atoms with van der Waals surface area (Å²) in [5.74, 6) is 0.867. The number of primary amides is 1. The molecule has 4 fully saturated rings. The van der Waals surface area contributed by atoms with Crippen LogP contribution in [0.5, 0.6) is 5.75 Å². The van der Waals surface area contributed by atoms with E-state index in [4.69, 9.17) is 10.5 Å². The minimum Gasteiger partial charge on any atom is -0.497 e. The Kier molecular flexibility index (Phi) is 4.39. The summed E-state index contributed by atoms with van der Waals surface area (Å²) in [6.07, 6.45) is 3.40. The second-order valence-electron chi connectivity index (χ2n) is 8.04. The zero-order valence-corrected chi connectivity index (χ0v) is 15.3. The van der Waals surface area contributed by atoms with E-state index in [1.807, 2.05) is 17.0 Å². The molecule has 4 aliphatic rings. The van der Waals surface area contributed by atoms with Gasteiger partial charge in [0.2, 0.25) is 11.8 Å². The molecular weight excluding hydrogens is 330 g/mol. The Morgan fingerprint density at radius 3 is 2.50 bits per heavy atom. The molecule has 1 aromatic rings. The van der Waals surface area contributed by atoms with Gasteiger partial charge in [-0.25, -0.2) is 0 Å². The summed E-state index contributed by atoms with van der Waals surface area (Å²) < 4.78 is 5.23. The normalized spacial score (nSPS) is 27.0. The summed E-state index contributed by atoms with van der Waals surface area (Å²) in [5.41, 5.74) is 5.88. The third-order valence-corrected chi connectivity index (χ3v) is 6.25. The molecule has 1 aliphatic carbocycles. The Balaban J connectivity index is 1.46. The molecule has 0 spiro atoms. The van der Waals surface area contributed by atoms with E-state index in [0.29, 0.717) is 18.8 Å². The monoisotopic (exact) mass is 357 g/mol. The van der Waals surface area contributed by atoms with Crippen LogP contribution in [0, 0.1) is 11.3 Å². The maximum atomic E-state index is 13.0. The molecule has 2 bridgehead atoms. The van der Waals surface area contributed by atoms with E-state index in [9.17, 15) is 9.59 Å². The lowest BCUT2D eigenvalue weighted by Crippen LogP contribution is -2.52. The topological polar surface area (TPSA) is 75.9 Å². The number of carbonyl (C=O) groups excluding carboxylic acids is 2. The van der Waals surface area contributed by atoms with Gasteiger partial charge in [0.05, 0.1) is 7.11 Å². The van der Waals surface area contributed by atoms with Gasteiger partial charge in [-0.3, -0.25) is 14.5 Å². The number of benzene rings is 1. The number of nitrogens with zero attached hydrogens (tertiary/aromatic N) is 2. The van der Waals surface area contributed by atoms with Gasteiger partial charge >= 0.3 is 0 Å². The van der Waals surface area contributed by atoms with Crippen LogP contribution in [-0.2, 0) is 16.1 Å². The molecule has 2 atom stereocenters. The largest absolute Gasteiger partial charge is 0.497 e. The number of methoxy groups -OCH3 is 1. The van der Waals surface area contributed by atoms with Crippen LogP contribution in [0.3, 0.4) is 0 Å². The maximum Gasteiger partial charge on any atom is 0.238 e. The Hall–Kier alpha value is -2.08. The first kappa shape index (κ1) is 17.3. The number of hydrogen-bond acceptors (Lipinski definition) is 4. The highest BCUT2D eigenvalue weighted by Gasteiger charge is 2.58. The van der Waals surface area contributed by atoms with Gasteiger partial charge in [-0.1, -0.05) is 12.1 Å². The summed E-state index contributed by atoms with van der Waals surface area (Å²) in [7, 11) is 1.67. The molecular formula is C20H27N3O3. The van der Waals surface area contributed by atoms with Gasteiger partial charge in [0, 0.05) is 32.2 Å². The number of ether oxygens (including phenoxy) is 1. The highest BCUT2D eigenvalue weighted by atomic mass is 16.5. The van der Waals surface area contributed by atoms with Crippen LogP contribution < -0.4 is 10.5 Å².